The number of allylic oxidation sites excluding steroid dienone is 1. The van der Waals surface area contributed by atoms with Gasteiger partial charge in [-0.3, -0.25) is 4.98 Å². The average molecular weight is 200 g/mol. The van der Waals surface area contributed by atoms with Crippen molar-refractivity contribution in [3.63, 3.8) is 0 Å². The Labute approximate surface area is 90.4 Å². The van der Waals surface area contributed by atoms with Crippen molar-refractivity contribution >= 4 is 5.57 Å². The molecule has 0 spiro atoms. The lowest BCUT2D eigenvalue weighted by Crippen LogP contribution is -2.09. The van der Waals surface area contributed by atoms with Crippen LogP contribution in [0.15, 0.2) is 24.4 Å². The highest BCUT2D eigenvalue weighted by molar-refractivity contribution is 5.67. The summed E-state index contributed by atoms with van der Waals surface area (Å²) >= 11 is 0. The zero-order chi connectivity index (χ0) is 10.3. The minimum absolute atomic E-state index is 0.765. The van der Waals surface area contributed by atoms with Crippen molar-refractivity contribution in [2.75, 3.05) is 13.1 Å². The third-order valence-corrected chi connectivity index (χ3v) is 3.57. The van der Waals surface area contributed by atoms with Crippen molar-refractivity contribution in [2.24, 2.45) is 11.8 Å². The molecular weight excluding hydrogens is 184 g/mol. The first-order chi connectivity index (χ1) is 7.33. The SMILES string of the molecule is Cc1ccc(C2=CC3CNCC3C2)cn1. The molecule has 1 N–H and O–H groups in total. The van der Waals surface area contributed by atoms with Gasteiger partial charge in [0.2, 0.25) is 0 Å². The Morgan fingerprint density at radius 3 is 3.00 bits per heavy atom. The summed E-state index contributed by atoms with van der Waals surface area (Å²) in [5, 5.41) is 3.45. The number of fused-ring (bicyclic) bond motifs is 1. The Hall–Kier alpha value is -1.15. The van der Waals surface area contributed by atoms with Gasteiger partial charge in [-0.2, -0.15) is 0 Å². The Morgan fingerprint density at radius 1 is 1.33 bits per heavy atom. The van der Waals surface area contributed by atoms with E-state index in [4.69, 9.17) is 0 Å². The molecule has 15 heavy (non-hydrogen) atoms. The van der Waals surface area contributed by atoms with Crippen LogP contribution >= 0.6 is 0 Å². The maximum Gasteiger partial charge on any atom is 0.0373 e. The smallest absolute Gasteiger partial charge is 0.0373 e. The van der Waals surface area contributed by atoms with Crippen molar-refractivity contribution in [2.45, 2.75) is 13.3 Å². The first-order valence-corrected chi connectivity index (χ1v) is 5.67. The fourth-order valence-corrected chi connectivity index (χ4v) is 2.65. The molecule has 1 aliphatic heterocycles. The van der Waals surface area contributed by atoms with Gasteiger partial charge in [-0.25, -0.2) is 0 Å². The number of pyridine rings is 1. The summed E-state index contributed by atoms with van der Waals surface area (Å²) in [6.45, 7) is 4.38. The van der Waals surface area contributed by atoms with E-state index in [2.05, 4.69) is 28.5 Å². The number of hydrogen-bond donors (Lipinski definition) is 1. The van der Waals surface area contributed by atoms with Crippen LogP contribution in [-0.4, -0.2) is 18.1 Å². The molecule has 2 heteroatoms. The molecule has 1 aromatic rings. The maximum atomic E-state index is 4.36. The molecule has 1 fully saturated rings. The zero-order valence-corrected chi connectivity index (χ0v) is 9.03. The van der Waals surface area contributed by atoms with E-state index >= 15 is 0 Å². The molecule has 0 amide bonds. The Kier molecular flexibility index (Phi) is 2.10. The van der Waals surface area contributed by atoms with E-state index in [1.807, 2.05) is 13.1 Å². The lowest BCUT2D eigenvalue weighted by Gasteiger charge is -2.06. The second-order valence-electron chi connectivity index (χ2n) is 4.67. The minimum atomic E-state index is 0.765. The highest BCUT2D eigenvalue weighted by Gasteiger charge is 2.31. The molecule has 2 aliphatic rings. The molecule has 2 nitrogen and oxygen atoms in total. The van der Waals surface area contributed by atoms with Crippen molar-refractivity contribution < 1.29 is 0 Å². The third kappa shape index (κ3) is 1.59. The molecule has 1 saturated heterocycles. The minimum Gasteiger partial charge on any atom is -0.316 e. The maximum absolute atomic E-state index is 4.36. The third-order valence-electron chi connectivity index (χ3n) is 3.57. The van der Waals surface area contributed by atoms with Crippen molar-refractivity contribution in [1.82, 2.24) is 10.3 Å². The summed E-state index contributed by atoms with van der Waals surface area (Å²) in [4.78, 5) is 4.36. The van der Waals surface area contributed by atoms with E-state index in [1.54, 1.807) is 0 Å². The van der Waals surface area contributed by atoms with E-state index < -0.39 is 0 Å². The average Bonchev–Trinajstić information content (AvgIpc) is 2.78. The van der Waals surface area contributed by atoms with Gasteiger partial charge in [0, 0.05) is 18.4 Å². The van der Waals surface area contributed by atoms with Crippen LogP contribution in [0, 0.1) is 18.8 Å². The number of aryl methyl sites for hydroxylation is 1. The monoisotopic (exact) mass is 200 g/mol. The Morgan fingerprint density at radius 2 is 2.27 bits per heavy atom. The van der Waals surface area contributed by atoms with Gasteiger partial charge >= 0.3 is 0 Å². The van der Waals surface area contributed by atoms with Crippen LogP contribution in [0.25, 0.3) is 5.57 Å². The number of nitrogens with one attached hydrogen (secondary N) is 1. The van der Waals surface area contributed by atoms with Crippen LogP contribution in [0.2, 0.25) is 0 Å². The molecule has 0 aromatic carbocycles. The summed E-state index contributed by atoms with van der Waals surface area (Å²) < 4.78 is 0. The fraction of sp³-hybridized carbons (Fsp3) is 0.462. The topological polar surface area (TPSA) is 24.9 Å². The predicted octanol–water partition coefficient (Wildman–Crippen LogP) is 2.01. The molecule has 2 heterocycles. The largest absolute Gasteiger partial charge is 0.316 e. The van der Waals surface area contributed by atoms with Gasteiger partial charge in [0.05, 0.1) is 0 Å². The second-order valence-corrected chi connectivity index (χ2v) is 4.67. The summed E-state index contributed by atoms with van der Waals surface area (Å²) in [5.41, 5.74) is 3.91. The van der Waals surface area contributed by atoms with Crippen LogP contribution in [0.1, 0.15) is 17.7 Å². The quantitative estimate of drug-likeness (QED) is 0.750. The van der Waals surface area contributed by atoms with E-state index in [1.165, 1.54) is 24.1 Å². The van der Waals surface area contributed by atoms with Crippen LogP contribution < -0.4 is 5.32 Å². The van der Waals surface area contributed by atoms with E-state index in [-0.39, 0.29) is 0 Å². The molecule has 1 aliphatic carbocycles. The standard InChI is InChI=1S/C13H16N2/c1-9-2-3-10(8-15-9)11-4-12-6-14-7-13(12)5-11/h2-4,8,12-14H,5-7H2,1H3. The molecule has 0 radical (unpaired) electrons. The van der Waals surface area contributed by atoms with Crippen molar-refractivity contribution in [1.29, 1.82) is 0 Å². The van der Waals surface area contributed by atoms with Gasteiger partial charge in [-0.1, -0.05) is 12.1 Å². The van der Waals surface area contributed by atoms with E-state index in [0.29, 0.717) is 0 Å². The number of nitrogens with zero attached hydrogens (tertiary/aromatic N) is 1. The number of hydrogen-bond acceptors (Lipinski definition) is 2. The van der Waals surface area contributed by atoms with E-state index in [0.717, 1.165) is 24.1 Å². The van der Waals surface area contributed by atoms with Gasteiger partial charge in [0.25, 0.3) is 0 Å². The first kappa shape index (κ1) is 9.10. The molecule has 1 aromatic heterocycles. The molecule has 78 valence electrons. The molecule has 0 saturated carbocycles. The number of rotatable bonds is 1. The van der Waals surface area contributed by atoms with Gasteiger partial charge in [0.15, 0.2) is 0 Å². The van der Waals surface area contributed by atoms with Crippen molar-refractivity contribution in [3.05, 3.63) is 35.7 Å². The lowest BCUT2D eigenvalue weighted by molar-refractivity contribution is 0.536. The highest BCUT2D eigenvalue weighted by Crippen LogP contribution is 2.37. The lowest BCUT2D eigenvalue weighted by atomic mass is 9.99. The second kappa shape index (κ2) is 3.46. The molecule has 3 rings (SSSR count). The summed E-state index contributed by atoms with van der Waals surface area (Å²) in [7, 11) is 0. The van der Waals surface area contributed by atoms with Crippen LogP contribution in [0.4, 0.5) is 0 Å². The number of aromatic nitrogens is 1. The molecule has 0 bridgehead atoms. The molecule has 2 unspecified atom stereocenters. The Bertz CT molecular complexity index is 392. The van der Waals surface area contributed by atoms with Gasteiger partial charge in [-0.15, -0.1) is 0 Å². The van der Waals surface area contributed by atoms with Crippen LogP contribution in [-0.2, 0) is 0 Å². The van der Waals surface area contributed by atoms with Crippen molar-refractivity contribution in [3.8, 4) is 0 Å². The predicted molar refractivity (Wildman–Crippen MR) is 61.4 cm³/mol. The van der Waals surface area contributed by atoms with Crippen LogP contribution in [0.5, 0.6) is 0 Å². The van der Waals surface area contributed by atoms with E-state index in [9.17, 15) is 0 Å². The normalized spacial score (nSPS) is 29.0. The zero-order valence-electron chi connectivity index (χ0n) is 9.03. The molecule has 2 atom stereocenters. The highest BCUT2D eigenvalue weighted by atomic mass is 14.9. The van der Waals surface area contributed by atoms with Gasteiger partial charge < -0.3 is 5.32 Å². The van der Waals surface area contributed by atoms with Gasteiger partial charge in [0.1, 0.15) is 0 Å². The first-order valence-electron chi connectivity index (χ1n) is 5.67. The molecular formula is C13H16N2. The van der Waals surface area contributed by atoms with Gasteiger partial charge in [-0.05, 0) is 48.9 Å². The summed E-state index contributed by atoms with van der Waals surface area (Å²) in [6, 6.07) is 4.30. The Balaban J connectivity index is 1.87. The fourth-order valence-electron chi connectivity index (χ4n) is 2.65. The summed E-state index contributed by atoms with van der Waals surface area (Å²) in [5.74, 6) is 1.60. The van der Waals surface area contributed by atoms with Crippen LogP contribution in [0.3, 0.4) is 0 Å². The summed E-state index contributed by atoms with van der Waals surface area (Å²) in [6.07, 6.45) is 5.68.